The molecule has 0 aliphatic heterocycles. The summed E-state index contributed by atoms with van der Waals surface area (Å²) >= 11 is 5.72. The van der Waals surface area contributed by atoms with Crippen LogP contribution in [0.1, 0.15) is 42.2 Å². The Balaban J connectivity index is 1.81. The van der Waals surface area contributed by atoms with Crippen LogP contribution in [-0.2, 0) is 21.6 Å². The highest BCUT2D eigenvalue weighted by Crippen LogP contribution is 2.44. The Kier molecular flexibility index (Phi) is 5.16. The fourth-order valence-corrected chi connectivity index (χ4v) is 3.46. The number of nitrogens with zero attached hydrogens (tertiary/aromatic N) is 1. The zero-order chi connectivity index (χ0) is 18.0. The number of ketones is 1. The molecule has 0 N–H and O–H groups in total. The van der Waals surface area contributed by atoms with Gasteiger partial charge in [0.2, 0.25) is 0 Å². The number of methoxy groups -OCH3 is 1. The van der Waals surface area contributed by atoms with Crippen LogP contribution < -0.4 is 0 Å². The Morgan fingerprint density at radius 3 is 2.96 bits per heavy atom. The van der Waals surface area contributed by atoms with E-state index < -0.39 is 17.3 Å². The first-order valence-corrected chi connectivity index (χ1v) is 8.48. The molecule has 0 radical (unpaired) electrons. The number of fused-ring (bicyclic) bond motifs is 1. The highest BCUT2D eigenvalue weighted by atomic mass is 35.5. The molecule has 25 heavy (non-hydrogen) atoms. The van der Waals surface area contributed by atoms with E-state index in [4.69, 9.17) is 16.3 Å². The second-order valence-corrected chi connectivity index (χ2v) is 6.60. The van der Waals surface area contributed by atoms with Crippen molar-refractivity contribution in [1.29, 1.82) is 0 Å². The molecule has 1 aromatic carbocycles. The molecule has 0 bridgehead atoms. The van der Waals surface area contributed by atoms with E-state index >= 15 is 4.39 Å². The second-order valence-electron chi connectivity index (χ2n) is 6.16. The Hall–Kier alpha value is -1.85. The molecule has 1 aliphatic rings. The number of Topliss-reactive ketones (excluding diaryl/α,β-unsaturated/α-hetero) is 1. The zero-order valence-corrected chi connectivity index (χ0v) is 14.5. The van der Waals surface area contributed by atoms with Crippen LogP contribution in [0.4, 0.5) is 8.78 Å². The summed E-state index contributed by atoms with van der Waals surface area (Å²) in [6.07, 6.45) is 1.67. The van der Waals surface area contributed by atoms with Crippen molar-refractivity contribution in [1.82, 2.24) is 4.98 Å². The van der Waals surface area contributed by atoms with E-state index in [2.05, 4.69) is 4.98 Å². The van der Waals surface area contributed by atoms with E-state index in [0.717, 1.165) is 0 Å². The topological polar surface area (TPSA) is 39.2 Å². The lowest BCUT2D eigenvalue weighted by atomic mass is 9.77. The number of aryl methyl sites for hydroxylation is 1. The van der Waals surface area contributed by atoms with E-state index in [1.807, 2.05) is 0 Å². The molecule has 0 spiro atoms. The van der Waals surface area contributed by atoms with Gasteiger partial charge in [-0.2, -0.15) is 0 Å². The van der Waals surface area contributed by atoms with Crippen LogP contribution in [0.3, 0.4) is 0 Å². The van der Waals surface area contributed by atoms with E-state index in [1.54, 1.807) is 31.5 Å². The number of benzene rings is 1. The summed E-state index contributed by atoms with van der Waals surface area (Å²) in [6, 6.07) is 7.45. The lowest BCUT2D eigenvalue weighted by Gasteiger charge is -2.33. The van der Waals surface area contributed by atoms with Crippen molar-refractivity contribution in [3.05, 3.63) is 64.2 Å². The van der Waals surface area contributed by atoms with Gasteiger partial charge in [-0.3, -0.25) is 9.78 Å². The van der Waals surface area contributed by atoms with Gasteiger partial charge in [-0.15, -0.1) is 0 Å². The number of carbonyl (C=O) groups excluding carboxylic acids is 1. The number of hydrogen-bond acceptors (Lipinski definition) is 3. The van der Waals surface area contributed by atoms with E-state index in [0.29, 0.717) is 17.7 Å². The van der Waals surface area contributed by atoms with Gasteiger partial charge >= 0.3 is 0 Å². The van der Waals surface area contributed by atoms with E-state index in [1.165, 1.54) is 12.1 Å². The number of hydrogen-bond donors (Lipinski definition) is 0. The number of carbonyl (C=O) groups is 1. The van der Waals surface area contributed by atoms with Gasteiger partial charge in [0.1, 0.15) is 5.82 Å². The highest BCUT2D eigenvalue weighted by molar-refractivity contribution is 6.30. The van der Waals surface area contributed by atoms with Crippen molar-refractivity contribution in [2.24, 2.45) is 0 Å². The molecule has 0 fully saturated rings. The molecule has 1 heterocycles. The first-order chi connectivity index (χ1) is 12.0. The standard InChI is InChI=1S/C19H18ClF2NO2/c1-25-16-8-9-19(22,14-3-2-10-23-18(14)16)17(24)7-5-12-4-6-13(20)11-15(12)21/h2-4,6,10-11,16H,5,7-9H2,1H3/t16-,19-/m0/s1. The smallest absolute Gasteiger partial charge is 0.195 e. The summed E-state index contributed by atoms with van der Waals surface area (Å²) in [6.45, 7) is 0. The van der Waals surface area contributed by atoms with Crippen LogP contribution in [0.2, 0.25) is 5.02 Å². The zero-order valence-electron chi connectivity index (χ0n) is 13.8. The number of rotatable bonds is 5. The normalized spacial score (nSPS) is 22.5. The molecule has 3 rings (SSSR count). The third-order valence-electron chi connectivity index (χ3n) is 4.68. The predicted molar refractivity (Wildman–Crippen MR) is 90.7 cm³/mol. The third-order valence-corrected chi connectivity index (χ3v) is 4.92. The average molecular weight is 366 g/mol. The molecule has 0 saturated heterocycles. The quantitative estimate of drug-likeness (QED) is 0.769. The lowest BCUT2D eigenvalue weighted by Crippen LogP contribution is -2.37. The minimum absolute atomic E-state index is 0.0339. The molecule has 1 aromatic heterocycles. The summed E-state index contributed by atoms with van der Waals surface area (Å²) in [5, 5.41) is 0.285. The van der Waals surface area contributed by atoms with Gasteiger partial charge < -0.3 is 4.74 Å². The minimum Gasteiger partial charge on any atom is -0.375 e. The van der Waals surface area contributed by atoms with Crippen molar-refractivity contribution in [3.8, 4) is 0 Å². The second kappa shape index (κ2) is 7.18. The summed E-state index contributed by atoms with van der Waals surface area (Å²) in [5.41, 5.74) is -1.04. The largest absolute Gasteiger partial charge is 0.375 e. The molecule has 132 valence electrons. The number of ether oxygens (including phenoxy) is 1. The van der Waals surface area contributed by atoms with Crippen LogP contribution in [0.25, 0.3) is 0 Å². The molecular weight excluding hydrogens is 348 g/mol. The fourth-order valence-electron chi connectivity index (χ4n) is 3.30. The number of pyridine rings is 1. The maximum Gasteiger partial charge on any atom is 0.195 e. The van der Waals surface area contributed by atoms with Gasteiger partial charge in [-0.05, 0) is 43.0 Å². The van der Waals surface area contributed by atoms with E-state index in [-0.39, 0.29) is 36.0 Å². The van der Waals surface area contributed by atoms with Crippen LogP contribution in [-0.4, -0.2) is 17.9 Å². The molecule has 1 aliphatic carbocycles. The first kappa shape index (κ1) is 18.0. The lowest BCUT2D eigenvalue weighted by molar-refractivity contribution is -0.133. The minimum atomic E-state index is -2.11. The van der Waals surface area contributed by atoms with Crippen molar-refractivity contribution < 1.29 is 18.3 Å². The van der Waals surface area contributed by atoms with Crippen LogP contribution in [0, 0.1) is 5.82 Å². The molecule has 2 aromatic rings. The summed E-state index contributed by atoms with van der Waals surface area (Å²) in [5.74, 6) is -1.05. The van der Waals surface area contributed by atoms with Gasteiger partial charge in [-0.1, -0.05) is 23.7 Å². The molecule has 6 heteroatoms. The predicted octanol–water partition coefficient (Wildman–Crippen LogP) is 4.72. The van der Waals surface area contributed by atoms with Crippen LogP contribution in [0.15, 0.2) is 36.5 Å². The van der Waals surface area contributed by atoms with Crippen molar-refractivity contribution in [2.45, 2.75) is 37.5 Å². The maximum atomic E-state index is 15.6. The highest BCUT2D eigenvalue weighted by Gasteiger charge is 2.46. The van der Waals surface area contributed by atoms with Crippen molar-refractivity contribution in [2.75, 3.05) is 7.11 Å². The molecule has 0 unspecified atom stereocenters. The Morgan fingerprint density at radius 1 is 1.44 bits per heavy atom. The Morgan fingerprint density at radius 2 is 2.24 bits per heavy atom. The number of halogens is 3. The maximum absolute atomic E-state index is 15.6. The fraction of sp³-hybridized carbons (Fsp3) is 0.368. The van der Waals surface area contributed by atoms with Gasteiger partial charge in [0.15, 0.2) is 11.5 Å². The number of aromatic nitrogens is 1. The molecule has 0 amide bonds. The van der Waals surface area contributed by atoms with E-state index in [9.17, 15) is 9.18 Å². The van der Waals surface area contributed by atoms with Crippen molar-refractivity contribution in [3.63, 3.8) is 0 Å². The van der Waals surface area contributed by atoms with Gasteiger partial charge in [0.05, 0.1) is 11.8 Å². The summed E-state index contributed by atoms with van der Waals surface area (Å²) < 4.78 is 34.8. The van der Waals surface area contributed by atoms with Gasteiger partial charge in [0, 0.05) is 30.3 Å². The van der Waals surface area contributed by atoms with Crippen molar-refractivity contribution >= 4 is 17.4 Å². The molecular formula is C19H18ClF2NO2. The van der Waals surface area contributed by atoms with Crippen LogP contribution >= 0.6 is 11.6 Å². The van der Waals surface area contributed by atoms with Gasteiger partial charge in [-0.25, -0.2) is 8.78 Å². The summed E-state index contributed by atoms with van der Waals surface area (Å²) in [4.78, 5) is 16.8. The Labute approximate surface area is 150 Å². The van der Waals surface area contributed by atoms with Crippen LogP contribution in [0.5, 0.6) is 0 Å². The number of alkyl halides is 1. The molecule has 0 saturated carbocycles. The third kappa shape index (κ3) is 3.44. The average Bonchev–Trinajstić information content (AvgIpc) is 2.61. The summed E-state index contributed by atoms with van der Waals surface area (Å²) in [7, 11) is 1.54. The van der Waals surface area contributed by atoms with Gasteiger partial charge in [0.25, 0.3) is 0 Å². The molecule has 3 nitrogen and oxygen atoms in total. The Bertz CT molecular complexity index is 799. The monoisotopic (exact) mass is 365 g/mol. The first-order valence-electron chi connectivity index (χ1n) is 8.10. The SMILES string of the molecule is CO[C@H]1CC[C@@](F)(C(=O)CCc2ccc(Cl)cc2F)c2cccnc21. The molecule has 2 atom stereocenters.